The van der Waals surface area contributed by atoms with Crippen LogP contribution in [0.2, 0.25) is 0 Å². The summed E-state index contributed by atoms with van der Waals surface area (Å²) in [5.41, 5.74) is 2.54. The number of aromatic nitrogens is 3. The first-order valence-corrected chi connectivity index (χ1v) is 11.0. The highest BCUT2D eigenvalue weighted by Crippen LogP contribution is 2.37. The molecule has 0 saturated carbocycles. The molecule has 34 heavy (non-hydrogen) atoms. The average molecular weight is 462 g/mol. The Morgan fingerprint density at radius 1 is 1.09 bits per heavy atom. The first kappa shape index (κ1) is 25.2. The fraction of sp³-hybridized carbons (Fsp3) is 0.227. The van der Waals surface area contributed by atoms with Crippen molar-refractivity contribution in [2.75, 3.05) is 25.6 Å². The maximum absolute atomic E-state index is 9.97. The lowest BCUT2D eigenvalue weighted by atomic mass is 9.52. The summed E-state index contributed by atoms with van der Waals surface area (Å²) in [4.78, 5) is 12.9. The molecule has 3 aromatic heterocycles. The van der Waals surface area contributed by atoms with Crippen molar-refractivity contribution in [3.05, 3.63) is 59.5 Å². The topological polar surface area (TPSA) is 117 Å². The molecule has 0 saturated heterocycles. The molecule has 0 unspecified atom stereocenters. The highest BCUT2D eigenvalue weighted by atomic mass is 32.2. The molecule has 8 nitrogen and oxygen atoms in total. The van der Waals surface area contributed by atoms with Gasteiger partial charge in [-0.1, -0.05) is 6.07 Å². The number of rotatable bonds is 10. The van der Waals surface area contributed by atoms with Crippen LogP contribution in [-0.2, 0) is 10.5 Å². The van der Waals surface area contributed by atoms with Gasteiger partial charge in [-0.05, 0) is 23.0 Å². The number of hydrogen-bond acceptors (Lipinski definition) is 9. The van der Waals surface area contributed by atoms with Gasteiger partial charge in [0.1, 0.15) is 35.2 Å². The van der Waals surface area contributed by atoms with Gasteiger partial charge < -0.3 is 14.8 Å². The lowest BCUT2D eigenvalue weighted by molar-refractivity contribution is 0.0934. The molecule has 0 amide bonds. The van der Waals surface area contributed by atoms with E-state index in [2.05, 4.69) is 32.4 Å². The minimum atomic E-state index is -1.73. The Hall–Kier alpha value is -3.47. The van der Waals surface area contributed by atoms with E-state index in [1.54, 1.807) is 31.6 Å². The van der Waals surface area contributed by atoms with Crippen molar-refractivity contribution in [1.29, 1.82) is 10.5 Å². The van der Waals surface area contributed by atoms with Crippen LogP contribution < -0.4 is 10.1 Å². The summed E-state index contributed by atoms with van der Waals surface area (Å²) in [6.45, 7) is 0.193. The SMILES string of the molecule is [B]C([B])([B])OCCOc1ccc(-c2c(C#N)c(NC)nc(SCc3cccnc3)c2C#N)cn1. The minimum Gasteiger partial charge on any atom is -0.475 e. The lowest BCUT2D eigenvalue weighted by Gasteiger charge is -2.21. The molecule has 3 aromatic rings. The van der Waals surface area contributed by atoms with Crippen molar-refractivity contribution < 1.29 is 9.47 Å². The standard InChI is InChI=1S/C22H17B3N6O2S/c1-28-20-16(9-26)19(15-4-5-18(30-12-15)32-7-8-33-22(23,24)25)17(10-27)21(31-20)34-13-14-3-2-6-29-11-14/h2-6,11-12H,7-8,13H2,1H3,(H,28,31). The number of nitrogens with zero attached hydrogens (tertiary/aromatic N) is 5. The molecule has 0 aromatic carbocycles. The molecule has 0 aliphatic rings. The summed E-state index contributed by atoms with van der Waals surface area (Å²) < 4.78 is 10.5. The third-order valence-electron chi connectivity index (χ3n) is 4.43. The van der Waals surface area contributed by atoms with Gasteiger partial charge in [-0.25, -0.2) is 9.97 Å². The maximum atomic E-state index is 9.97. The second-order valence-electron chi connectivity index (χ2n) is 6.95. The summed E-state index contributed by atoms with van der Waals surface area (Å²) in [5.74, 6) is 1.25. The van der Waals surface area contributed by atoms with E-state index in [0.29, 0.717) is 39.2 Å². The largest absolute Gasteiger partial charge is 0.475 e. The Morgan fingerprint density at radius 3 is 2.47 bits per heavy atom. The molecule has 0 aliphatic carbocycles. The zero-order valence-corrected chi connectivity index (χ0v) is 19.2. The van der Waals surface area contributed by atoms with E-state index >= 15 is 0 Å². The van der Waals surface area contributed by atoms with E-state index in [9.17, 15) is 10.5 Å². The van der Waals surface area contributed by atoms with Crippen molar-refractivity contribution in [2.24, 2.45) is 0 Å². The smallest absolute Gasteiger partial charge is 0.213 e. The van der Waals surface area contributed by atoms with Crippen molar-refractivity contribution in [2.45, 2.75) is 16.1 Å². The van der Waals surface area contributed by atoms with Crippen molar-refractivity contribution in [1.82, 2.24) is 15.0 Å². The van der Waals surface area contributed by atoms with Gasteiger partial charge in [0.2, 0.25) is 5.88 Å². The average Bonchev–Trinajstić information content (AvgIpc) is 2.84. The van der Waals surface area contributed by atoms with Gasteiger partial charge >= 0.3 is 0 Å². The molecule has 0 atom stereocenters. The Morgan fingerprint density at radius 2 is 1.88 bits per heavy atom. The van der Waals surface area contributed by atoms with Crippen LogP contribution in [0.25, 0.3) is 11.1 Å². The molecule has 0 spiro atoms. The highest BCUT2D eigenvalue weighted by molar-refractivity contribution is 7.98. The molecule has 1 N–H and O–H groups in total. The van der Waals surface area contributed by atoms with Crippen LogP contribution >= 0.6 is 11.8 Å². The predicted octanol–water partition coefficient (Wildman–Crippen LogP) is 2.13. The maximum Gasteiger partial charge on any atom is 0.213 e. The molecule has 0 aliphatic heterocycles. The van der Waals surface area contributed by atoms with Crippen LogP contribution in [0.5, 0.6) is 5.88 Å². The molecule has 12 heteroatoms. The van der Waals surface area contributed by atoms with Gasteiger partial charge in [-0.3, -0.25) is 4.98 Å². The zero-order valence-electron chi connectivity index (χ0n) is 18.4. The highest BCUT2D eigenvalue weighted by Gasteiger charge is 2.22. The van der Waals surface area contributed by atoms with E-state index in [-0.39, 0.29) is 18.8 Å². The number of anilines is 1. The summed E-state index contributed by atoms with van der Waals surface area (Å²) in [5, 5.41) is 21.5. The first-order valence-electron chi connectivity index (χ1n) is 10.0. The molecule has 0 fully saturated rings. The monoisotopic (exact) mass is 462 g/mol. The second-order valence-corrected chi connectivity index (χ2v) is 7.91. The van der Waals surface area contributed by atoms with E-state index in [0.717, 1.165) is 5.56 Å². The predicted molar refractivity (Wildman–Crippen MR) is 132 cm³/mol. The molecular formula is C22H17B3N6O2S. The van der Waals surface area contributed by atoms with E-state index < -0.39 is 5.30 Å². The molecular weight excluding hydrogens is 445 g/mol. The summed E-state index contributed by atoms with van der Waals surface area (Å²) in [6.07, 6.45) is 4.98. The molecule has 3 heterocycles. The summed E-state index contributed by atoms with van der Waals surface area (Å²) in [7, 11) is 17.7. The van der Waals surface area contributed by atoms with Crippen molar-refractivity contribution in [3.8, 4) is 29.1 Å². The quantitative estimate of drug-likeness (QED) is 0.275. The molecule has 162 valence electrons. The number of thioether (sulfide) groups is 1. The Kier molecular flexibility index (Phi) is 8.58. The summed E-state index contributed by atoms with van der Waals surface area (Å²) in [6, 6.07) is 11.5. The third kappa shape index (κ3) is 6.54. The molecule has 6 radical (unpaired) electrons. The number of hydrogen-bond donors (Lipinski definition) is 1. The van der Waals surface area contributed by atoms with Crippen LogP contribution in [-0.4, -0.2) is 64.1 Å². The minimum absolute atomic E-state index is 0.0670. The fourth-order valence-corrected chi connectivity index (χ4v) is 3.89. The van der Waals surface area contributed by atoms with Gasteiger partial charge in [0.25, 0.3) is 0 Å². The molecule has 3 rings (SSSR count). The van der Waals surface area contributed by atoms with Crippen LogP contribution in [0.3, 0.4) is 0 Å². The van der Waals surface area contributed by atoms with E-state index in [1.165, 1.54) is 18.0 Å². The van der Waals surface area contributed by atoms with Crippen LogP contribution in [0.4, 0.5) is 5.82 Å². The zero-order chi connectivity index (χ0) is 24.6. The van der Waals surface area contributed by atoms with Crippen LogP contribution in [0, 0.1) is 22.7 Å². The number of pyridine rings is 3. The fourth-order valence-electron chi connectivity index (χ4n) is 2.96. The Bertz CT molecular complexity index is 1210. The van der Waals surface area contributed by atoms with Gasteiger partial charge in [0.15, 0.2) is 0 Å². The Labute approximate surface area is 206 Å². The summed E-state index contributed by atoms with van der Waals surface area (Å²) >= 11 is 1.39. The second kappa shape index (κ2) is 11.6. The van der Waals surface area contributed by atoms with Crippen molar-refractivity contribution in [3.63, 3.8) is 0 Å². The van der Waals surface area contributed by atoms with Crippen molar-refractivity contribution >= 4 is 41.1 Å². The lowest BCUT2D eigenvalue weighted by Crippen LogP contribution is -2.35. The Balaban J connectivity index is 1.90. The van der Waals surface area contributed by atoms with Gasteiger partial charge in [-0.15, -0.1) is 11.8 Å². The third-order valence-corrected chi connectivity index (χ3v) is 5.48. The number of ether oxygens (including phenoxy) is 2. The van der Waals surface area contributed by atoms with Gasteiger partial charge in [0.05, 0.1) is 35.7 Å². The van der Waals surface area contributed by atoms with Crippen LogP contribution in [0.15, 0.2) is 47.9 Å². The van der Waals surface area contributed by atoms with Crippen LogP contribution in [0.1, 0.15) is 16.7 Å². The van der Waals surface area contributed by atoms with E-state index in [4.69, 9.17) is 33.0 Å². The van der Waals surface area contributed by atoms with Gasteiger partial charge in [0, 0.05) is 48.6 Å². The van der Waals surface area contributed by atoms with Gasteiger partial charge in [-0.2, -0.15) is 10.5 Å². The number of nitrogens with one attached hydrogen (secondary N) is 1. The molecule has 0 bridgehead atoms. The number of nitriles is 2. The first-order chi connectivity index (χ1) is 16.4. The van der Waals surface area contributed by atoms with E-state index in [1.807, 2.05) is 12.1 Å². The normalized spacial score (nSPS) is 10.8.